The minimum Gasteiger partial charge on any atom is -0.486 e. The predicted molar refractivity (Wildman–Crippen MR) is 114 cm³/mol. The Kier molecular flexibility index (Phi) is 7.37. The zero-order valence-corrected chi connectivity index (χ0v) is 18.2. The van der Waals surface area contributed by atoms with Crippen molar-refractivity contribution in [2.45, 2.75) is 45.7 Å². The molecule has 170 valence electrons. The van der Waals surface area contributed by atoms with Crippen molar-refractivity contribution >= 4 is 23.4 Å². The van der Waals surface area contributed by atoms with Crippen molar-refractivity contribution in [3.05, 3.63) is 18.2 Å². The van der Waals surface area contributed by atoms with Gasteiger partial charge in [0.15, 0.2) is 11.5 Å². The summed E-state index contributed by atoms with van der Waals surface area (Å²) < 4.78 is 11.1. The monoisotopic (exact) mass is 433 g/mol. The van der Waals surface area contributed by atoms with E-state index in [1.807, 2.05) is 13.8 Å². The number of aliphatic hydroxyl groups excluding tert-OH is 1. The van der Waals surface area contributed by atoms with E-state index in [9.17, 15) is 19.5 Å². The van der Waals surface area contributed by atoms with Crippen molar-refractivity contribution < 1.29 is 29.0 Å². The highest BCUT2D eigenvalue weighted by Gasteiger charge is 2.38. The molecule has 1 aromatic rings. The summed E-state index contributed by atoms with van der Waals surface area (Å²) in [4.78, 5) is 39.7. The highest BCUT2D eigenvalue weighted by Crippen LogP contribution is 2.36. The van der Waals surface area contributed by atoms with Crippen molar-refractivity contribution in [2.75, 3.05) is 31.3 Å². The number of hydrogen-bond acceptors (Lipinski definition) is 6. The molecule has 2 heterocycles. The third-order valence-corrected chi connectivity index (χ3v) is 5.79. The SMILES string of the molecule is CCC(C)C(NC(=O)C1CC(=O)N(c2ccc3c(c2)OCCO3)C1)C(=O)NC(C)CO. The average molecular weight is 434 g/mol. The van der Waals surface area contributed by atoms with E-state index in [0.717, 1.165) is 0 Å². The molecule has 4 unspecified atom stereocenters. The van der Waals surface area contributed by atoms with E-state index >= 15 is 0 Å². The van der Waals surface area contributed by atoms with Gasteiger partial charge in [0.25, 0.3) is 0 Å². The van der Waals surface area contributed by atoms with Crippen LogP contribution in [0.3, 0.4) is 0 Å². The van der Waals surface area contributed by atoms with E-state index in [4.69, 9.17) is 9.47 Å². The molecule has 31 heavy (non-hydrogen) atoms. The number of carbonyl (C=O) groups excluding carboxylic acids is 3. The Labute approximate surface area is 182 Å². The highest BCUT2D eigenvalue weighted by atomic mass is 16.6. The molecule has 2 aliphatic heterocycles. The third-order valence-electron chi connectivity index (χ3n) is 5.79. The molecule has 0 spiro atoms. The molecule has 0 radical (unpaired) electrons. The molecule has 1 fully saturated rings. The molecule has 2 aliphatic rings. The van der Waals surface area contributed by atoms with Gasteiger partial charge in [0.1, 0.15) is 19.3 Å². The second kappa shape index (κ2) is 10.00. The van der Waals surface area contributed by atoms with Crippen molar-refractivity contribution in [2.24, 2.45) is 11.8 Å². The molecule has 3 amide bonds. The van der Waals surface area contributed by atoms with Crippen LogP contribution in [-0.2, 0) is 14.4 Å². The number of fused-ring (bicyclic) bond motifs is 1. The summed E-state index contributed by atoms with van der Waals surface area (Å²) in [5, 5.41) is 14.7. The molecule has 9 nitrogen and oxygen atoms in total. The Morgan fingerprint density at radius 3 is 2.58 bits per heavy atom. The van der Waals surface area contributed by atoms with Gasteiger partial charge in [0.05, 0.1) is 12.5 Å². The first-order valence-corrected chi connectivity index (χ1v) is 10.8. The smallest absolute Gasteiger partial charge is 0.243 e. The van der Waals surface area contributed by atoms with Crippen molar-refractivity contribution in [3.63, 3.8) is 0 Å². The molecule has 0 saturated carbocycles. The number of carbonyl (C=O) groups is 3. The second-order valence-corrected chi connectivity index (χ2v) is 8.20. The number of benzene rings is 1. The summed E-state index contributed by atoms with van der Waals surface area (Å²) in [6.45, 7) is 6.49. The Morgan fingerprint density at radius 1 is 1.19 bits per heavy atom. The van der Waals surface area contributed by atoms with Crippen molar-refractivity contribution in [1.82, 2.24) is 10.6 Å². The molecule has 4 atom stereocenters. The molecular weight excluding hydrogens is 402 g/mol. The predicted octanol–water partition coefficient (Wildman–Crippen LogP) is 0.839. The third kappa shape index (κ3) is 5.28. The zero-order chi connectivity index (χ0) is 22.5. The number of aliphatic hydroxyl groups is 1. The molecule has 1 aromatic carbocycles. The molecule has 0 bridgehead atoms. The van der Waals surface area contributed by atoms with Crippen molar-refractivity contribution in [1.29, 1.82) is 0 Å². The van der Waals surface area contributed by atoms with E-state index in [2.05, 4.69) is 10.6 Å². The van der Waals surface area contributed by atoms with Gasteiger partial charge in [0.2, 0.25) is 17.7 Å². The van der Waals surface area contributed by atoms with Gasteiger partial charge in [0, 0.05) is 30.8 Å². The Bertz CT molecular complexity index is 829. The summed E-state index contributed by atoms with van der Waals surface area (Å²) in [6.07, 6.45) is 0.765. The summed E-state index contributed by atoms with van der Waals surface area (Å²) in [6, 6.07) is 4.14. The zero-order valence-electron chi connectivity index (χ0n) is 18.2. The van der Waals surface area contributed by atoms with Gasteiger partial charge in [-0.2, -0.15) is 0 Å². The Balaban J connectivity index is 1.67. The van der Waals surface area contributed by atoms with E-state index in [1.54, 1.807) is 30.0 Å². The van der Waals surface area contributed by atoms with Crippen LogP contribution < -0.4 is 25.0 Å². The van der Waals surface area contributed by atoms with Crippen LogP contribution in [0.1, 0.15) is 33.6 Å². The maximum atomic E-state index is 12.9. The fourth-order valence-electron chi connectivity index (χ4n) is 3.68. The number of nitrogens with one attached hydrogen (secondary N) is 2. The maximum Gasteiger partial charge on any atom is 0.243 e. The van der Waals surface area contributed by atoms with E-state index in [1.165, 1.54) is 0 Å². The fourth-order valence-corrected chi connectivity index (χ4v) is 3.68. The number of ether oxygens (including phenoxy) is 2. The first-order chi connectivity index (χ1) is 14.8. The van der Waals surface area contributed by atoms with Crippen LogP contribution in [0.25, 0.3) is 0 Å². The van der Waals surface area contributed by atoms with Gasteiger partial charge in [-0.15, -0.1) is 0 Å². The van der Waals surface area contributed by atoms with Gasteiger partial charge in [-0.05, 0) is 25.0 Å². The molecule has 0 aromatic heterocycles. The van der Waals surface area contributed by atoms with Crippen LogP contribution in [0.4, 0.5) is 5.69 Å². The molecule has 3 N–H and O–H groups in total. The van der Waals surface area contributed by atoms with Crippen LogP contribution in [0, 0.1) is 11.8 Å². The summed E-state index contributed by atoms with van der Waals surface area (Å²) in [7, 11) is 0. The lowest BCUT2D eigenvalue weighted by molar-refractivity contribution is -0.132. The summed E-state index contributed by atoms with van der Waals surface area (Å²) >= 11 is 0. The van der Waals surface area contributed by atoms with Crippen LogP contribution >= 0.6 is 0 Å². The van der Waals surface area contributed by atoms with E-state index in [-0.39, 0.29) is 43.2 Å². The second-order valence-electron chi connectivity index (χ2n) is 8.20. The normalized spacial score (nSPS) is 20.7. The van der Waals surface area contributed by atoms with Crippen LogP contribution in [0.15, 0.2) is 18.2 Å². The lowest BCUT2D eigenvalue weighted by atomic mass is 9.96. The van der Waals surface area contributed by atoms with Gasteiger partial charge in [-0.3, -0.25) is 14.4 Å². The molecule has 3 rings (SSSR count). The number of hydrogen-bond donors (Lipinski definition) is 3. The number of nitrogens with zero attached hydrogens (tertiary/aromatic N) is 1. The van der Waals surface area contributed by atoms with E-state index in [0.29, 0.717) is 36.8 Å². The number of rotatable bonds is 8. The molecule has 1 saturated heterocycles. The quantitative estimate of drug-likeness (QED) is 0.559. The average Bonchev–Trinajstić information content (AvgIpc) is 3.17. The first-order valence-electron chi connectivity index (χ1n) is 10.8. The fraction of sp³-hybridized carbons (Fsp3) is 0.591. The standard InChI is InChI=1S/C22H31N3O6/c1-4-13(2)20(22(29)23-14(3)12-26)24-21(28)15-9-19(27)25(11-15)16-5-6-17-18(10-16)31-8-7-30-17/h5-6,10,13-15,20,26H,4,7-9,11-12H2,1-3H3,(H,23,29)(H,24,28). The highest BCUT2D eigenvalue weighted by molar-refractivity contribution is 6.01. The van der Waals surface area contributed by atoms with Crippen LogP contribution in [0.5, 0.6) is 11.5 Å². The summed E-state index contributed by atoms with van der Waals surface area (Å²) in [5.41, 5.74) is 0.650. The summed E-state index contributed by atoms with van der Waals surface area (Å²) in [5.74, 6) is -0.263. The van der Waals surface area contributed by atoms with Crippen LogP contribution in [0.2, 0.25) is 0 Å². The number of amides is 3. The van der Waals surface area contributed by atoms with E-state index < -0.39 is 18.0 Å². The lowest BCUT2D eigenvalue weighted by Crippen LogP contribution is -2.54. The molecular formula is C22H31N3O6. The molecule has 9 heteroatoms. The van der Waals surface area contributed by atoms with Crippen LogP contribution in [-0.4, -0.2) is 61.3 Å². The minimum atomic E-state index is -0.732. The maximum absolute atomic E-state index is 12.9. The lowest BCUT2D eigenvalue weighted by Gasteiger charge is -2.26. The topological polar surface area (TPSA) is 117 Å². The Hall–Kier alpha value is -2.81. The first kappa shape index (κ1) is 22.9. The minimum absolute atomic E-state index is 0.0716. The molecule has 0 aliphatic carbocycles. The van der Waals surface area contributed by atoms with Gasteiger partial charge in [-0.25, -0.2) is 0 Å². The Morgan fingerprint density at radius 2 is 1.90 bits per heavy atom. The van der Waals surface area contributed by atoms with Gasteiger partial charge in [-0.1, -0.05) is 20.3 Å². The number of anilines is 1. The largest absolute Gasteiger partial charge is 0.486 e. The van der Waals surface area contributed by atoms with Crippen molar-refractivity contribution in [3.8, 4) is 11.5 Å². The van der Waals surface area contributed by atoms with Gasteiger partial charge >= 0.3 is 0 Å². The van der Waals surface area contributed by atoms with Gasteiger partial charge < -0.3 is 30.1 Å².